The Hall–Kier alpha value is -1.08. The second kappa shape index (κ2) is 14.3. The Kier molecular flexibility index (Phi) is 13.6. The van der Waals surface area contributed by atoms with E-state index < -0.39 is 8.53 Å². The number of hydrogen-bond donors (Lipinski definition) is 0. The molecule has 0 bridgehead atoms. The summed E-state index contributed by atoms with van der Waals surface area (Å²) in [7, 11) is -1.19. The summed E-state index contributed by atoms with van der Waals surface area (Å²) in [6.07, 6.45) is 2.19. The van der Waals surface area contributed by atoms with Crippen LogP contribution >= 0.6 is 8.53 Å². The lowest BCUT2D eigenvalue weighted by molar-refractivity contribution is 0.133. The third-order valence-corrected chi connectivity index (χ3v) is 5.34. The first-order chi connectivity index (χ1) is 11.5. The summed E-state index contributed by atoms with van der Waals surface area (Å²) >= 11 is 0. The fraction of sp³-hybridized carbons (Fsp3) is 0.737. The highest BCUT2D eigenvalue weighted by atomic mass is 31.2. The summed E-state index contributed by atoms with van der Waals surface area (Å²) in [6.45, 7) is 20.2. The molecule has 0 fully saturated rings. The summed E-state index contributed by atoms with van der Waals surface area (Å²) in [4.78, 5) is 3.36. The summed E-state index contributed by atoms with van der Waals surface area (Å²) < 4.78 is 14.4. The highest BCUT2D eigenvalue weighted by Gasteiger charge is 2.29. The monoisotopic (exact) mass is 350 g/mol. The highest BCUT2D eigenvalue weighted by Crippen LogP contribution is 2.47. The van der Waals surface area contributed by atoms with Crippen LogP contribution in [0.15, 0.2) is 0 Å². The average Bonchev–Trinajstić information content (AvgIpc) is 2.52. The van der Waals surface area contributed by atoms with Crippen molar-refractivity contribution in [2.45, 2.75) is 79.0 Å². The van der Waals surface area contributed by atoms with Crippen LogP contribution in [0.2, 0.25) is 0 Å². The summed E-state index contributed by atoms with van der Waals surface area (Å²) in [5.74, 6) is 12.0. The zero-order valence-corrected chi connectivity index (χ0v) is 16.8. The molecule has 0 aromatic carbocycles. The van der Waals surface area contributed by atoms with Crippen LogP contribution < -0.4 is 0 Å². The number of nitrogens with zero attached hydrogens (tertiary/aromatic N) is 2. The van der Waals surface area contributed by atoms with Gasteiger partial charge in [0.25, 0.3) is 8.53 Å². The van der Waals surface area contributed by atoms with Gasteiger partial charge in [-0.05, 0) is 41.0 Å². The maximum atomic E-state index is 6.92. The van der Waals surface area contributed by atoms with Crippen molar-refractivity contribution in [2.75, 3.05) is 13.2 Å². The van der Waals surface area contributed by atoms with Gasteiger partial charge in [-0.2, -0.15) is 0 Å². The van der Waals surface area contributed by atoms with Crippen molar-refractivity contribution in [2.24, 2.45) is 0 Å². The lowest BCUT2D eigenvalue weighted by atomic mass is 10.2. The minimum atomic E-state index is -1.19. The van der Waals surface area contributed by atoms with Gasteiger partial charge < -0.3 is 13.9 Å². The summed E-state index contributed by atoms with van der Waals surface area (Å²) in [5, 5.41) is 0. The summed E-state index contributed by atoms with van der Waals surface area (Å²) in [5.41, 5.74) is 0. The standard InChI is InChI=1S/C19H31N2O2P/c1-8-10-11-12-13-14-19(9-2)23-24(22-16-15-20-7)21(17(3)4)18(5)6/h17-19H,9,11,14-16H2,1-6H3/t19-,24?/m1/s1. The van der Waals surface area contributed by atoms with Gasteiger partial charge in [0.1, 0.15) is 6.61 Å². The Morgan fingerprint density at radius 1 is 1.12 bits per heavy atom. The molecule has 0 aliphatic rings. The first-order valence-electron chi connectivity index (χ1n) is 8.54. The van der Waals surface area contributed by atoms with E-state index in [1.807, 2.05) is 6.92 Å². The SMILES string of the molecule is [C-]#[N+]CCOP(O[C@H](CC)CC#CCC#CC)N(C(C)C)C(C)C. The Morgan fingerprint density at radius 3 is 2.29 bits per heavy atom. The predicted molar refractivity (Wildman–Crippen MR) is 102 cm³/mol. The fourth-order valence-electron chi connectivity index (χ4n) is 2.05. The third-order valence-electron chi connectivity index (χ3n) is 3.15. The lowest BCUT2D eigenvalue weighted by Crippen LogP contribution is -2.34. The van der Waals surface area contributed by atoms with E-state index in [0.717, 1.165) is 6.42 Å². The number of hydrogen-bond acceptors (Lipinski definition) is 3. The molecule has 0 heterocycles. The van der Waals surface area contributed by atoms with E-state index in [2.05, 4.69) is 67.8 Å². The molecule has 134 valence electrons. The average molecular weight is 350 g/mol. The van der Waals surface area contributed by atoms with Gasteiger partial charge in [-0.25, -0.2) is 11.2 Å². The van der Waals surface area contributed by atoms with Crippen molar-refractivity contribution >= 4 is 8.53 Å². The Morgan fingerprint density at radius 2 is 1.79 bits per heavy atom. The predicted octanol–water partition coefficient (Wildman–Crippen LogP) is 4.87. The van der Waals surface area contributed by atoms with Crippen molar-refractivity contribution in [3.8, 4) is 23.7 Å². The van der Waals surface area contributed by atoms with Crippen LogP contribution in [0.25, 0.3) is 4.85 Å². The first kappa shape index (κ1) is 22.9. The molecule has 0 saturated heterocycles. The third kappa shape index (κ3) is 9.93. The molecular weight excluding hydrogens is 319 g/mol. The molecule has 0 aromatic heterocycles. The molecule has 0 aliphatic carbocycles. The second-order valence-electron chi connectivity index (χ2n) is 5.82. The molecule has 2 atom stereocenters. The normalized spacial score (nSPS) is 13.0. The topological polar surface area (TPSA) is 26.1 Å². The molecule has 0 aliphatic heterocycles. The smallest absolute Gasteiger partial charge is 0.259 e. The van der Waals surface area contributed by atoms with Gasteiger partial charge >= 0.3 is 0 Å². The van der Waals surface area contributed by atoms with Gasteiger partial charge in [0.15, 0.2) is 0 Å². The molecule has 0 saturated carbocycles. The molecule has 0 rings (SSSR count). The lowest BCUT2D eigenvalue weighted by Gasteiger charge is -2.36. The van der Waals surface area contributed by atoms with E-state index >= 15 is 0 Å². The minimum Gasteiger partial charge on any atom is -0.318 e. The van der Waals surface area contributed by atoms with E-state index in [4.69, 9.17) is 15.6 Å². The number of rotatable bonds is 10. The summed E-state index contributed by atoms with van der Waals surface area (Å²) in [6, 6.07) is 0.625. The zero-order valence-electron chi connectivity index (χ0n) is 15.9. The van der Waals surface area contributed by atoms with Crippen LogP contribution in [-0.4, -0.2) is 36.0 Å². The van der Waals surface area contributed by atoms with Crippen LogP contribution in [0.3, 0.4) is 0 Å². The van der Waals surface area contributed by atoms with Crippen molar-refractivity contribution in [1.82, 2.24) is 4.67 Å². The Labute approximate surface area is 150 Å². The maximum Gasteiger partial charge on any atom is 0.259 e. The van der Waals surface area contributed by atoms with Gasteiger partial charge in [0.05, 0.1) is 12.5 Å². The largest absolute Gasteiger partial charge is 0.318 e. The molecule has 0 N–H and O–H groups in total. The van der Waals surface area contributed by atoms with Crippen LogP contribution in [0, 0.1) is 30.3 Å². The molecule has 0 spiro atoms. The van der Waals surface area contributed by atoms with Gasteiger partial charge in [-0.1, -0.05) is 24.7 Å². The van der Waals surface area contributed by atoms with E-state index in [9.17, 15) is 0 Å². The Bertz CT molecular complexity index is 483. The molecule has 24 heavy (non-hydrogen) atoms. The van der Waals surface area contributed by atoms with Crippen molar-refractivity contribution in [3.05, 3.63) is 11.4 Å². The van der Waals surface area contributed by atoms with E-state index in [1.165, 1.54) is 0 Å². The Balaban J connectivity index is 4.92. The van der Waals surface area contributed by atoms with Gasteiger partial charge in [0, 0.05) is 18.5 Å². The molecule has 5 heteroatoms. The second-order valence-corrected chi connectivity index (χ2v) is 7.22. The van der Waals surface area contributed by atoms with Crippen LogP contribution in [0.4, 0.5) is 0 Å². The quantitative estimate of drug-likeness (QED) is 0.243. The molecule has 4 nitrogen and oxygen atoms in total. The molecule has 1 unspecified atom stereocenters. The maximum absolute atomic E-state index is 6.92. The van der Waals surface area contributed by atoms with E-state index in [0.29, 0.717) is 38.1 Å². The van der Waals surface area contributed by atoms with Gasteiger partial charge in [-0.15, -0.1) is 5.92 Å². The van der Waals surface area contributed by atoms with Crippen LogP contribution in [-0.2, 0) is 9.05 Å². The molecule has 0 radical (unpaired) electrons. The van der Waals surface area contributed by atoms with Gasteiger partial charge in [0.2, 0.25) is 6.54 Å². The van der Waals surface area contributed by atoms with E-state index in [-0.39, 0.29) is 6.10 Å². The van der Waals surface area contributed by atoms with Crippen LogP contribution in [0.1, 0.15) is 60.8 Å². The zero-order chi connectivity index (χ0) is 18.4. The minimum absolute atomic E-state index is 0.0335. The van der Waals surface area contributed by atoms with Gasteiger partial charge in [-0.3, -0.25) is 0 Å². The van der Waals surface area contributed by atoms with Crippen molar-refractivity contribution in [3.63, 3.8) is 0 Å². The molecular formula is C19H31N2O2P. The van der Waals surface area contributed by atoms with Crippen molar-refractivity contribution in [1.29, 1.82) is 0 Å². The van der Waals surface area contributed by atoms with Crippen molar-refractivity contribution < 1.29 is 9.05 Å². The molecule has 0 amide bonds. The van der Waals surface area contributed by atoms with Crippen LogP contribution in [0.5, 0.6) is 0 Å². The molecule has 0 aromatic rings. The van der Waals surface area contributed by atoms with E-state index in [1.54, 1.807) is 0 Å². The first-order valence-corrected chi connectivity index (χ1v) is 9.67. The highest BCUT2D eigenvalue weighted by molar-refractivity contribution is 7.44. The fourth-order valence-corrected chi connectivity index (χ4v) is 3.83.